The van der Waals surface area contributed by atoms with Crippen LogP contribution in [0.2, 0.25) is 0 Å². The number of furan rings is 1. The quantitative estimate of drug-likeness (QED) is 0.172. The summed E-state index contributed by atoms with van der Waals surface area (Å²) in [6.45, 7) is 0. The van der Waals surface area contributed by atoms with Crippen LogP contribution >= 0.6 is 0 Å². The van der Waals surface area contributed by atoms with Crippen LogP contribution in [0.25, 0.3) is 82.5 Å². The first-order valence-electron chi connectivity index (χ1n) is 18.8. The van der Waals surface area contributed by atoms with Crippen molar-refractivity contribution in [3.05, 3.63) is 206 Å². The van der Waals surface area contributed by atoms with Gasteiger partial charge in [-0.3, -0.25) is 0 Å². The molecule has 0 aliphatic rings. The molecule has 258 valence electrons. The number of anilines is 3. The van der Waals surface area contributed by atoms with Gasteiger partial charge in [0.25, 0.3) is 0 Å². The van der Waals surface area contributed by atoms with Gasteiger partial charge in [-0.25, -0.2) is 0 Å². The average Bonchev–Trinajstić information content (AvgIpc) is 3.80. The summed E-state index contributed by atoms with van der Waals surface area (Å²) in [5.41, 5.74) is 12.8. The summed E-state index contributed by atoms with van der Waals surface area (Å²) in [6, 6.07) is 73.9. The lowest BCUT2D eigenvalue weighted by molar-refractivity contribution is 0.670. The smallest absolute Gasteiger partial charge is 0.145 e. The van der Waals surface area contributed by atoms with Crippen molar-refractivity contribution in [2.45, 2.75) is 0 Å². The highest BCUT2D eigenvalue weighted by Crippen LogP contribution is 2.49. The second-order valence-electron chi connectivity index (χ2n) is 14.1. The van der Waals surface area contributed by atoms with Crippen LogP contribution in [0.4, 0.5) is 17.1 Å². The fourth-order valence-corrected chi connectivity index (χ4v) is 8.59. The zero-order valence-corrected chi connectivity index (χ0v) is 29.9. The van der Waals surface area contributed by atoms with E-state index in [0.717, 1.165) is 61.4 Å². The van der Waals surface area contributed by atoms with Crippen molar-refractivity contribution in [2.24, 2.45) is 0 Å². The van der Waals surface area contributed by atoms with E-state index in [-0.39, 0.29) is 0 Å². The van der Waals surface area contributed by atoms with E-state index < -0.39 is 0 Å². The van der Waals surface area contributed by atoms with Crippen LogP contribution in [-0.2, 0) is 0 Å². The van der Waals surface area contributed by atoms with Gasteiger partial charge in [0.15, 0.2) is 0 Å². The zero-order chi connectivity index (χ0) is 36.3. The third-order valence-corrected chi connectivity index (χ3v) is 11.0. The van der Waals surface area contributed by atoms with Crippen LogP contribution in [0, 0.1) is 0 Å². The molecule has 3 nitrogen and oxygen atoms in total. The van der Waals surface area contributed by atoms with Crippen molar-refractivity contribution in [1.29, 1.82) is 0 Å². The molecule has 9 aromatic carbocycles. The third kappa shape index (κ3) is 4.98. The van der Waals surface area contributed by atoms with Gasteiger partial charge in [0.1, 0.15) is 11.2 Å². The Morgan fingerprint density at radius 3 is 1.84 bits per heavy atom. The molecule has 55 heavy (non-hydrogen) atoms. The molecule has 0 N–H and O–H groups in total. The van der Waals surface area contributed by atoms with E-state index in [4.69, 9.17) is 4.42 Å². The minimum atomic E-state index is 0.863. The number of benzene rings is 9. The summed E-state index contributed by atoms with van der Waals surface area (Å²) in [5.74, 6) is 0. The molecule has 0 radical (unpaired) electrons. The normalized spacial score (nSPS) is 11.6. The second kappa shape index (κ2) is 12.6. The lowest BCUT2D eigenvalue weighted by Crippen LogP contribution is -2.12. The van der Waals surface area contributed by atoms with Gasteiger partial charge in [-0.05, 0) is 82.6 Å². The SMILES string of the molecule is c1ccc(N(c2ccccc2-c2cccc3ccccc23)c2ccc3c(oc4ccccc43)c2-c2cccc(-n3c4ccccc4c4ccccc43)c2)cc1. The van der Waals surface area contributed by atoms with Gasteiger partial charge in [-0.1, -0.05) is 146 Å². The number of fused-ring (bicyclic) bond motifs is 7. The Morgan fingerprint density at radius 2 is 1.02 bits per heavy atom. The number of para-hydroxylation sites is 5. The first-order chi connectivity index (χ1) is 27.3. The van der Waals surface area contributed by atoms with Crippen molar-refractivity contribution in [1.82, 2.24) is 4.57 Å². The Kier molecular flexibility index (Phi) is 7.17. The molecule has 11 rings (SSSR count). The number of hydrogen-bond acceptors (Lipinski definition) is 2. The van der Waals surface area contributed by atoms with Gasteiger partial charge in [0, 0.05) is 44.0 Å². The van der Waals surface area contributed by atoms with Crippen LogP contribution in [0.3, 0.4) is 0 Å². The Balaban J connectivity index is 1.22. The van der Waals surface area contributed by atoms with Gasteiger partial charge in [0.2, 0.25) is 0 Å². The van der Waals surface area contributed by atoms with Crippen molar-refractivity contribution < 1.29 is 4.42 Å². The first kappa shape index (κ1) is 31.2. The predicted molar refractivity (Wildman–Crippen MR) is 231 cm³/mol. The maximum Gasteiger partial charge on any atom is 0.145 e. The number of hydrogen-bond donors (Lipinski definition) is 0. The van der Waals surface area contributed by atoms with Gasteiger partial charge < -0.3 is 13.9 Å². The largest absolute Gasteiger partial charge is 0.455 e. The zero-order valence-electron chi connectivity index (χ0n) is 29.9. The molecule has 0 atom stereocenters. The summed E-state index contributed by atoms with van der Waals surface area (Å²) < 4.78 is 9.30. The maximum absolute atomic E-state index is 6.91. The fourth-order valence-electron chi connectivity index (χ4n) is 8.59. The maximum atomic E-state index is 6.91. The molecule has 0 aliphatic carbocycles. The topological polar surface area (TPSA) is 21.3 Å². The molecule has 0 spiro atoms. The molecule has 0 amide bonds. The van der Waals surface area contributed by atoms with Crippen LogP contribution in [0.1, 0.15) is 0 Å². The Labute approximate surface area is 318 Å². The summed E-state index contributed by atoms with van der Waals surface area (Å²) >= 11 is 0. The van der Waals surface area contributed by atoms with E-state index >= 15 is 0 Å². The average molecular weight is 703 g/mol. The molecular formula is C52H34N2O. The van der Waals surface area contributed by atoms with Crippen molar-refractivity contribution >= 4 is 71.6 Å². The summed E-state index contributed by atoms with van der Waals surface area (Å²) in [4.78, 5) is 2.41. The Morgan fingerprint density at radius 1 is 0.400 bits per heavy atom. The highest BCUT2D eigenvalue weighted by molar-refractivity contribution is 6.14. The third-order valence-electron chi connectivity index (χ3n) is 11.0. The monoisotopic (exact) mass is 702 g/mol. The fraction of sp³-hybridized carbons (Fsp3) is 0. The number of rotatable bonds is 6. The van der Waals surface area contributed by atoms with Gasteiger partial charge in [0.05, 0.1) is 22.4 Å². The summed E-state index contributed by atoms with van der Waals surface area (Å²) in [7, 11) is 0. The van der Waals surface area contributed by atoms with E-state index in [2.05, 4.69) is 210 Å². The molecule has 0 aliphatic heterocycles. The molecule has 0 saturated heterocycles. The molecule has 0 saturated carbocycles. The van der Waals surface area contributed by atoms with Crippen LogP contribution in [0.5, 0.6) is 0 Å². The molecule has 2 aromatic heterocycles. The highest BCUT2D eigenvalue weighted by Gasteiger charge is 2.25. The van der Waals surface area contributed by atoms with Gasteiger partial charge >= 0.3 is 0 Å². The lowest BCUT2D eigenvalue weighted by Gasteiger charge is -2.30. The predicted octanol–water partition coefficient (Wildman–Crippen LogP) is 14.6. The van der Waals surface area contributed by atoms with Crippen LogP contribution in [0.15, 0.2) is 211 Å². The van der Waals surface area contributed by atoms with Crippen molar-refractivity contribution in [2.75, 3.05) is 4.90 Å². The first-order valence-corrected chi connectivity index (χ1v) is 18.8. The van der Waals surface area contributed by atoms with Crippen molar-refractivity contribution in [3.63, 3.8) is 0 Å². The molecule has 2 heterocycles. The Hall–Kier alpha value is -7.36. The molecule has 3 heteroatoms. The summed E-state index contributed by atoms with van der Waals surface area (Å²) in [5, 5.41) is 7.11. The lowest BCUT2D eigenvalue weighted by atomic mass is 9.94. The van der Waals surface area contributed by atoms with Crippen LogP contribution in [-0.4, -0.2) is 4.57 Å². The summed E-state index contributed by atoms with van der Waals surface area (Å²) in [6.07, 6.45) is 0. The minimum absolute atomic E-state index is 0.863. The Bertz CT molecular complexity index is 3170. The minimum Gasteiger partial charge on any atom is -0.455 e. The molecule has 0 fully saturated rings. The molecular weight excluding hydrogens is 669 g/mol. The highest BCUT2D eigenvalue weighted by atomic mass is 16.3. The molecule has 0 unspecified atom stereocenters. The van der Waals surface area contributed by atoms with E-state index in [1.807, 2.05) is 6.07 Å². The van der Waals surface area contributed by atoms with E-state index in [1.54, 1.807) is 0 Å². The van der Waals surface area contributed by atoms with Gasteiger partial charge in [-0.2, -0.15) is 0 Å². The van der Waals surface area contributed by atoms with E-state index in [0.29, 0.717) is 0 Å². The van der Waals surface area contributed by atoms with Crippen molar-refractivity contribution in [3.8, 4) is 27.9 Å². The molecule has 11 aromatic rings. The van der Waals surface area contributed by atoms with Crippen LogP contribution < -0.4 is 4.90 Å². The standard InChI is InChI=1S/C52H34N2O/c1-2-19-37(20-3-1)53(46-28-10-6-23-41(46)40-27-15-17-35-16-4-5-22-39(35)40)49-33-32-45-44-26-9-13-31-50(44)55-52(45)51(49)36-18-14-21-38(34-36)54-47-29-11-7-24-42(47)43-25-8-12-30-48(43)54/h1-34H. The number of aromatic nitrogens is 1. The second-order valence-corrected chi connectivity index (χ2v) is 14.1. The number of nitrogens with zero attached hydrogens (tertiary/aromatic N) is 2. The van der Waals surface area contributed by atoms with E-state index in [1.165, 1.54) is 38.1 Å². The van der Waals surface area contributed by atoms with E-state index in [9.17, 15) is 0 Å². The molecule has 0 bridgehead atoms. The van der Waals surface area contributed by atoms with Gasteiger partial charge in [-0.15, -0.1) is 0 Å².